The van der Waals surface area contributed by atoms with E-state index in [0.717, 1.165) is 96.3 Å². The molecule has 0 N–H and O–H groups in total. The largest absolute Gasteiger partial charge is 0.462 e. The minimum absolute atomic E-state index is 0.0781. The lowest BCUT2D eigenvalue weighted by atomic mass is 10.0. The van der Waals surface area contributed by atoms with E-state index in [1.165, 1.54) is 161 Å². The van der Waals surface area contributed by atoms with Gasteiger partial charge in [-0.3, -0.25) is 14.4 Å². The molecule has 0 radical (unpaired) electrons. The Kier molecular flexibility index (Phi) is 54.3. The van der Waals surface area contributed by atoms with Crippen LogP contribution in [0.15, 0.2) is 60.8 Å². The van der Waals surface area contributed by atoms with Crippen molar-refractivity contribution in [1.29, 1.82) is 0 Å². The van der Waals surface area contributed by atoms with Gasteiger partial charge in [0.2, 0.25) is 0 Å². The number of rotatable bonds is 53. The van der Waals surface area contributed by atoms with Crippen LogP contribution < -0.4 is 0 Å². The fourth-order valence-corrected chi connectivity index (χ4v) is 8.29. The van der Waals surface area contributed by atoms with Gasteiger partial charge in [0.25, 0.3) is 0 Å². The van der Waals surface area contributed by atoms with Crippen LogP contribution in [0.3, 0.4) is 0 Å². The molecule has 0 aliphatic heterocycles. The van der Waals surface area contributed by atoms with Crippen molar-refractivity contribution in [3.8, 4) is 0 Å². The van der Waals surface area contributed by atoms with Crippen molar-refractivity contribution in [1.82, 2.24) is 0 Å². The first kappa shape index (κ1) is 65.1. The Morgan fingerprint density at radius 2 is 0.544 bits per heavy atom. The Bertz CT molecular complexity index is 1230. The first-order chi connectivity index (χ1) is 33.5. The number of ether oxygens (including phenoxy) is 3. The number of carbonyl (C=O) groups excluding carboxylic acids is 3. The maximum atomic E-state index is 12.8. The minimum atomic E-state index is -0.777. The van der Waals surface area contributed by atoms with Crippen LogP contribution >= 0.6 is 0 Å². The maximum Gasteiger partial charge on any atom is 0.306 e. The summed E-state index contributed by atoms with van der Waals surface area (Å²) in [5, 5.41) is 0. The van der Waals surface area contributed by atoms with Crippen molar-refractivity contribution in [2.45, 2.75) is 303 Å². The van der Waals surface area contributed by atoms with Crippen LogP contribution in [0.4, 0.5) is 0 Å². The Hall–Kier alpha value is -2.89. The average Bonchev–Trinajstić information content (AvgIpc) is 3.34. The molecule has 0 saturated carbocycles. The molecular weight excluding hydrogens is 841 g/mol. The molecule has 6 nitrogen and oxygen atoms in total. The highest BCUT2D eigenvalue weighted by molar-refractivity contribution is 5.71. The van der Waals surface area contributed by atoms with Gasteiger partial charge in [0, 0.05) is 19.3 Å². The van der Waals surface area contributed by atoms with E-state index < -0.39 is 6.10 Å². The second-order valence-electron chi connectivity index (χ2n) is 19.6. The highest BCUT2D eigenvalue weighted by Gasteiger charge is 2.19. The second kappa shape index (κ2) is 56.7. The van der Waals surface area contributed by atoms with Gasteiger partial charge in [-0.2, -0.15) is 0 Å². The Morgan fingerprint density at radius 1 is 0.294 bits per heavy atom. The molecule has 0 amide bonds. The first-order valence-corrected chi connectivity index (χ1v) is 29.3. The van der Waals surface area contributed by atoms with Gasteiger partial charge >= 0.3 is 17.9 Å². The molecule has 1 atom stereocenters. The Labute approximate surface area is 421 Å². The van der Waals surface area contributed by atoms with E-state index in [0.29, 0.717) is 19.3 Å². The first-order valence-electron chi connectivity index (χ1n) is 29.3. The third-order valence-corrected chi connectivity index (χ3v) is 12.7. The van der Waals surface area contributed by atoms with Crippen molar-refractivity contribution < 1.29 is 28.6 Å². The smallest absolute Gasteiger partial charge is 0.306 e. The molecule has 0 aliphatic rings. The standard InChI is InChI=1S/C62H110O6/c1-4-7-10-13-16-18-20-22-24-25-26-27-28-29-30-31-32-33-34-35-36-37-38-40-41-43-46-49-52-55-61(64)67-58-59(57-66-60(63)54-51-48-45-15-12-9-6-3)68-62(65)56-53-50-47-44-42-39-23-21-19-17-14-11-8-5-2/h14,17,20-23,25-26,28-29,59H,4-13,15-16,18-19,24,27,30-58H2,1-3H3/b17-14-,22-20-,23-21-,26-25-,29-28-. The molecule has 0 aliphatic carbocycles. The number of carbonyl (C=O) groups is 3. The van der Waals surface area contributed by atoms with Crippen LogP contribution in [0, 0.1) is 0 Å². The van der Waals surface area contributed by atoms with Crippen LogP contribution in [0.1, 0.15) is 297 Å². The summed E-state index contributed by atoms with van der Waals surface area (Å²) in [6.45, 7) is 6.55. The zero-order valence-corrected chi connectivity index (χ0v) is 45.1. The normalized spacial score (nSPS) is 12.5. The minimum Gasteiger partial charge on any atom is -0.462 e. The monoisotopic (exact) mass is 951 g/mol. The van der Waals surface area contributed by atoms with Gasteiger partial charge in [-0.05, 0) is 83.5 Å². The van der Waals surface area contributed by atoms with Crippen molar-refractivity contribution in [3.05, 3.63) is 60.8 Å². The molecule has 0 bridgehead atoms. The fraction of sp³-hybridized carbons (Fsp3) is 0.790. The quantitative estimate of drug-likeness (QED) is 0.0262. The second-order valence-corrected chi connectivity index (χ2v) is 19.6. The maximum absolute atomic E-state index is 12.8. The van der Waals surface area contributed by atoms with Crippen LogP contribution in [0.5, 0.6) is 0 Å². The van der Waals surface area contributed by atoms with Gasteiger partial charge in [-0.25, -0.2) is 0 Å². The summed E-state index contributed by atoms with van der Waals surface area (Å²) in [5.74, 6) is -0.891. The predicted molar refractivity (Wildman–Crippen MR) is 293 cm³/mol. The number of allylic oxidation sites excluding steroid dienone is 10. The van der Waals surface area contributed by atoms with E-state index >= 15 is 0 Å². The lowest BCUT2D eigenvalue weighted by Crippen LogP contribution is -2.30. The van der Waals surface area contributed by atoms with Crippen LogP contribution in [0.25, 0.3) is 0 Å². The van der Waals surface area contributed by atoms with Crippen molar-refractivity contribution in [3.63, 3.8) is 0 Å². The Morgan fingerprint density at radius 3 is 0.868 bits per heavy atom. The molecular formula is C62H110O6. The molecule has 0 heterocycles. The number of unbranched alkanes of at least 4 members (excludes halogenated alkanes) is 32. The molecule has 0 aromatic rings. The molecule has 1 unspecified atom stereocenters. The zero-order chi connectivity index (χ0) is 49.3. The summed E-state index contributed by atoms with van der Waals surface area (Å²) in [4.78, 5) is 37.9. The van der Waals surface area contributed by atoms with Crippen LogP contribution in [-0.4, -0.2) is 37.2 Å². The van der Waals surface area contributed by atoms with Gasteiger partial charge in [0.1, 0.15) is 13.2 Å². The Balaban J connectivity index is 4.07. The van der Waals surface area contributed by atoms with E-state index in [9.17, 15) is 14.4 Å². The molecule has 394 valence electrons. The number of hydrogen-bond donors (Lipinski definition) is 0. The highest BCUT2D eigenvalue weighted by atomic mass is 16.6. The van der Waals surface area contributed by atoms with Gasteiger partial charge < -0.3 is 14.2 Å². The van der Waals surface area contributed by atoms with Crippen LogP contribution in [0.2, 0.25) is 0 Å². The summed E-state index contributed by atoms with van der Waals surface area (Å²) in [6.07, 6.45) is 71.0. The number of hydrogen-bond acceptors (Lipinski definition) is 6. The summed E-state index contributed by atoms with van der Waals surface area (Å²) in [5.41, 5.74) is 0. The van der Waals surface area contributed by atoms with Crippen molar-refractivity contribution in [2.75, 3.05) is 13.2 Å². The third kappa shape index (κ3) is 54.1. The van der Waals surface area contributed by atoms with E-state index in [2.05, 4.69) is 81.5 Å². The fourth-order valence-electron chi connectivity index (χ4n) is 8.29. The summed E-state index contributed by atoms with van der Waals surface area (Å²) < 4.78 is 16.8. The molecule has 6 heteroatoms. The van der Waals surface area contributed by atoms with Crippen molar-refractivity contribution >= 4 is 17.9 Å². The van der Waals surface area contributed by atoms with E-state index in [1.807, 2.05) is 0 Å². The van der Waals surface area contributed by atoms with E-state index in [-0.39, 0.29) is 31.1 Å². The lowest BCUT2D eigenvalue weighted by molar-refractivity contribution is -0.167. The molecule has 0 fully saturated rings. The SMILES string of the molecule is CCCC/C=C\C/C=C\CCCCCCCC(=O)OC(COC(=O)CCCCCCCCC)COC(=O)CCCCCCCCCCCCCCCC/C=C\C/C=C\C/C=C\CCCCCCC. The third-order valence-electron chi connectivity index (χ3n) is 12.7. The molecule has 0 saturated heterocycles. The molecule has 0 aromatic carbocycles. The van der Waals surface area contributed by atoms with E-state index in [1.54, 1.807) is 0 Å². The zero-order valence-electron chi connectivity index (χ0n) is 45.1. The van der Waals surface area contributed by atoms with Crippen molar-refractivity contribution in [2.24, 2.45) is 0 Å². The highest BCUT2D eigenvalue weighted by Crippen LogP contribution is 2.16. The van der Waals surface area contributed by atoms with Gasteiger partial charge in [0.15, 0.2) is 6.10 Å². The number of esters is 3. The summed E-state index contributed by atoms with van der Waals surface area (Å²) >= 11 is 0. The molecule has 68 heavy (non-hydrogen) atoms. The summed E-state index contributed by atoms with van der Waals surface area (Å²) in [6, 6.07) is 0. The topological polar surface area (TPSA) is 78.9 Å². The van der Waals surface area contributed by atoms with Gasteiger partial charge in [0.05, 0.1) is 0 Å². The average molecular weight is 952 g/mol. The molecule has 0 aromatic heterocycles. The molecule has 0 spiro atoms. The van der Waals surface area contributed by atoms with Gasteiger partial charge in [-0.15, -0.1) is 0 Å². The molecule has 0 rings (SSSR count). The van der Waals surface area contributed by atoms with E-state index in [4.69, 9.17) is 14.2 Å². The van der Waals surface area contributed by atoms with Gasteiger partial charge in [-0.1, -0.05) is 255 Å². The predicted octanol–water partition coefficient (Wildman–Crippen LogP) is 19.6. The summed E-state index contributed by atoms with van der Waals surface area (Å²) in [7, 11) is 0. The lowest BCUT2D eigenvalue weighted by Gasteiger charge is -2.18. The van der Waals surface area contributed by atoms with Crippen LogP contribution in [-0.2, 0) is 28.6 Å².